The molecule has 0 aliphatic carbocycles. The Morgan fingerprint density at radius 1 is 1.04 bits per heavy atom. The summed E-state index contributed by atoms with van der Waals surface area (Å²) in [5.74, 6) is -11.4. The summed E-state index contributed by atoms with van der Waals surface area (Å²) in [5, 5.41) is -6.24. The van der Waals surface area contributed by atoms with Crippen LogP contribution in [0.15, 0.2) is 12.7 Å². The third-order valence-corrected chi connectivity index (χ3v) is 3.81. The summed E-state index contributed by atoms with van der Waals surface area (Å²) < 4.78 is 106. The summed E-state index contributed by atoms with van der Waals surface area (Å²) in [6.07, 6.45) is 1.68. The Morgan fingerprint density at radius 2 is 1.46 bits per heavy atom. The van der Waals surface area contributed by atoms with Gasteiger partial charge in [-0.15, -0.1) is 6.58 Å². The van der Waals surface area contributed by atoms with Crippen LogP contribution in [-0.2, 0) is 10.1 Å². The van der Waals surface area contributed by atoms with E-state index in [2.05, 4.69) is 6.58 Å². The quantitative estimate of drug-likeness (QED) is 0.254. The highest BCUT2D eigenvalue weighted by atomic mass is 32.2. The minimum Gasteiger partial charge on any atom is -0.327 e. The zero-order chi connectivity index (χ0) is 19.7. The molecule has 0 aromatic carbocycles. The molecule has 4 nitrogen and oxygen atoms in total. The first-order chi connectivity index (χ1) is 10.7. The standard InChI is InChI=1S/C10H16F6O3S.C3H7N/c1-2-3-4-5-6-7-8(11,12)9(13,14)10(15,16)20(17,18)19;1-2-3-4/h2-7H2,1H3,(H,17,18,19);2H,1,3-4H2. The number of nitrogens with two attached hydrogens (primary N) is 1. The van der Waals surface area contributed by atoms with Gasteiger partial charge in [-0.05, 0) is 6.42 Å². The van der Waals surface area contributed by atoms with Crippen LogP contribution >= 0.6 is 0 Å². The van der Waals surface area contributed by atoms with E-state index in [1.165, 1.54) is 0 Å². The van der Waals surface area contributed by atoms with Crippen LogP contribution in [0, 0.1) is 0 Å². The van der Waals surface area contributed by atoms with E-state index in [1.807, 2.05) is 6.92 Å². The first-order valence-electron chi connectivity index (χ1n) is 7.14. The zero-order valence-electron chi connectivity index (χ0n) is 13.3. The van der Waals surface area contributed by atoms with Gasteiger partial charge >= 0.3 is 27.2 Å². The van der Waals surface area contributed by atoms with Gasteiger partial charge in [-0.3, -0.25) is 4.55 Å². The van der Waals surface area contributed by atoms with Crippen LogP contribution in [0.3, 0.4) is 0 Å². The largest absolute Gasteiger partial charge is 0.437 e. The third kappa shape index (κ3) is 6.98. The lowest BCUT2D eigenvalue weighted by Crippen LogP contribution is -2.57. The Morgan fingerprint density at radius 3 is 1.79 bits per heavy atom. The van der Waals surface area contributed by atoms with Crippen molar-refractivity contribution in [2.24, 2.45) is 5.73 Å². The molecule has 11 heteroatoms. The van der Waals surface area contributed by atoms with Gasteiger partial charge < -0.3 is 5.73 Å². The van der Waals surface area contributed by atoms with Gasteiger partial charge in [0.1, 0.15) is 0 Å². The molecular weight excluding hydrogens is 364 g/mol. The van der Waals surface area contributed by atoms with Gasteiger partial charge in [0.05, 0.1) is 0 Å². The lowest BCUT2D eigenvalue weighted by molar-refractivity contribution is -0.282. The average Bonchev–Trinajstić information content (AvgIpc) is 2.45. The predicted octanol–water partition coefficient (Wildman–Crippen LogP) is 4.23. The SMILES string of the molecule is C=CCN.CCCCCCCC(F)(F)C(F)(F)C(F)(F)S(=O)(=O)O. The summed E-state index contributed by atoms with van der Waals surface area (Å²) in [7, 11) is -6.65. The predicted molar refractivity (Wildman–Crippen MR) is 79.0 cm³/mol. The van der Waals surface area contributed by atoms with Crippen LogP contribution in [0.25, 0.3) is 0 Å². The maximum absolute atomic E-state index is 13.1. The van der Waals surface area contributed by atoms with Crippen molar-refractivity contribution in [3.63, 3.8) is 0 Å². The first kappa shape index (κ1) is 25.4. The summed E-state index contributed by atoms with van der Waals surface area (Å²) in [4.78, 5) is 0. The number of rotatable bonds is 10. The molecule has 0 aromatic rings. The van der Waals surface area contributed by atoms with Crippen molar-refractivity contribution in [3.05, 3.63) is 12.7 Å². The molecular formula is C13H23F6NO3S. The molecule has 146 valence electrons. The third-order valence-electron chi connectivity index (χ3n) is 2.91. The summed E-state index contributed by atoms with van der Waals surface area (Å²) in [6.45, 7) is 5.77. The van der Waals surface area contributed by atoms with Gasteiger partial charge in [-0.25, -0.2) is 0 Å². The molecule has 0 aliphatic heterocycles. The molecule has 0 rings (SSSR count). The van der Waals surface area contributed by atoms with E-state index in [9.17, 15) is 34.8 Å². The molecule has 0 aliphatic rings. The number of alkyl halides is 6. The van der Waals surface area contributed by atoms with E-state index in [0.29, 0.717) is 19.4 Å². The Bertz CT molecular complexity index is 468. The Balaban J connectivity index is 0. The van der Waals surface area contributed by atoms with Gasteiger partial charge in [0.15, 0.2) is 0 Å². The second kappa shape index (κ2) is 10.2. The fourth-order valence-electron chi connectivity index (χ4n) is 1.48. The van der Waals surface area contributed by atoms with Crippen LogP contribution in [0.4, 0.5) is 26.3 Å². The van der Waals surface area contributed by atoms with Crippen molar-refractivity contribution in [3.8, 4) is 0 Å². The van der Waals surface area contributed by atoms with E-state index >= 15 is 0 Å². The van der Waals surface area contributed by atoms with E-state index in [0.717, 1.165) is 6.42 Å². The van der Waals surface area contributed by atoms with Crippen LogP contribution < -0.4 is 5.73 Å². The molecule has 0 saturated heterocycles. The van der Waals surface area contributed by atoms with Crippen LogP contribution in [0.5, 0.6) is 0 Å². The zero-order valence-corrected chi connectivity index (χ0v) is 14.1. The lowest BCUT2D eigenvalue weighted by atomic mass is 10.0. The van der Waals surface area contributed by atoms with Crippen LogP contribution in [0.2, 0.25) is 0 Å². The number of unbranched alkanes of at least 4 members (excludes halogenated alkanes) is 4. The molecule has 0 amide bonds. The Kier molecular flexibility index (Phi) is 10.9. The highest BCUT2D eigenvalue weighted by Crippen LogP contribution is 2.50. The molecule has 0 aromatic heterocycles. The highest BCUT2D eigenvalue weighted by Gasteiger charge is 2.76. The average molecular weight is 387 g/mol. The molecule has 0 unspecified atom stereocenters. The van der Waals surface area contributed by atoms with E-state index < -0.39 is 40.1 Å². The summed E-state index contributed by atoms with van der Waals surface area (Å²) in [5.41, 5.74) is 4.91. The minimum atomic E-state index is -6.65. The molecule has 24 heavy (non-hydrogen) atoms. The highest BCUT2D eigenvalue weighted by molar-refractivity contribution is 7.87. The smallest absolute Gasteiger partial charge is 0.327 e. The normalized spacial score (nSPS) is 13.2. The molecule has 0 saturated carbocycles. The van der Waals surface area contributed by atoms with Crippen LogP contribution in [0.1, 0.15) is 45.4 Å². The van der Waals surface area contributed by atoms with E-state index in [-0.39, 0.29) is 6.42 Å². The van der Waals surface area contributed by atoms with Crippen molar-refractivity contribution in [2.75, 3.05) is 6.54 Å². The van der Waals surface area contributed by atoms with Gasteiger partial charge in [0, 0.05) is 13.0 Å². The summed E-state index contributed by atoms with van der Waals surface area (Å²) in [6, 6.07) is 0. The Labute approximate surface area is 137 Å². The van der Waals surface area contributed by atoms with Gasteiger partial charge in [-0.2, -0.15) is 34.8 Å². The molecule has 0 bridgehead atoms. The number of halogens is 6. The van der Waals surface area contributed by atoms with E-state index in [4.69, 9.17) is 10.3 Å². The maximum Gasteiger partial charge on any atom is 0.437 e. The van der Waals surface area contributed by atoms with Gasteiger partial charge in [0.2, 0.25) is 0 Å². The lowest BCUT2D eigenvalue weighted by Gasteiger charge is -2.30. The second-order valence-corrected chi connectivity index (χ2v) is 6.42. The molecule has 0 atom stereocenters. The molecule has 0 fully saturated rings. The van der Waals surface area contributed by atoms with Gasteiger partial charge in [-0.1, -0.05) is 38.7 Å². The van der Waals surface area contributed by atoms with E-state index in [1.54, 1.807) is 6.08 Å². The maximum atomic E-state index is 13.1. The fraction of sp³-hybridized carbons (Fsp3) is 0.846. The second-order valence-electron chi connectivity index (χ2n) is 4.96. The van der Waals surface area contributed by atoms with Crippen molar-refractivity contribution >= 4 is 10.1 Å². The topological polar surface area (TPSA) is 80.4 Å². The minimum absolute atomic E-state index is 0.136. The Hall–Kier alpha value is -0.810. The van der Waals surface area contributed by atoms with Crippen molar-refractivity contribution in [1.82, 2.24) is 0 Å². The number of hydrogen-bond donors (Lipinski definition) is 2. The van der Waals surface area contributed by atoms with Crippen molar-refractivity contribution < 1.29 is 39.3 Å². The van der Waals surface area contributed by atoms with Gasteiger partial charge in [0.25, 0.3) is 0 Å². The van der Waals surface area contributed by atoms with Crippen molar-refractivity contribution in [1.29, 1.82) is 0 Å². The van der Waals surface area contributed by atoms with Crippen LogP contribution in [-0.4, -0.2) is 36.6 Å². The molecule has 3 N–H and O–H groups in total. The number of hydrogen-bond acceptors (Lipinski definition) is 3. The molecule has 0 heterocycles. The molecule has 0 radical (unpaired) electrons. The summed E-state index contributed by atoms with van der Waals surface area (Å²) >= 11 is 0. The first-order valence-corrected chi connectivity index (χ1v) is 8.58. The monoisotopic (exact) mass is 387 g/mol. The molecule has 0 spiro atoms. The van der Waals surface area contributed by atoms with Crippen molar-refractivity contribution in [2.45, 2.75) is 62.5 Å². The fourth-order valence-corrected chi connectivity index (χ4v) is 1.96.